The Hall–Kier alpha value is -0.510. The molecule has 0 amide bonds. The van der Waals surface area contributed by atoms with Crippen LogP contribution in [-0.4, -0.2) is 0 Å². The van der Waals surface area contributed by atoms with E-state index in [0.717, 1.165) is 19.3 Å². The zero-order valence-electron chi connectivity index (χ0n) is 9.65. The van der Waals surface area contributed by atoms with E-state index < -0.39 is 0 Å². The molecule has 0 heterocycles. The van der Waals surface area contributed by atoms with Crippen molar-refractivity contribution in [3.05, 3.63) is 0 Å². The van der Waals surface area contributed by atoms with Crippen molar-refractivity contribution < 1.29 is 0 Å². The van der Waals surface area contributed by atoms with E-state index in [0.29, 0.717) is 5.92 Å². The first-order chi connectivity index (χ1) is 5.85. The van der Waals surface area contributed by atoms with Crippen LogP contribution in [0.4, 0.5) is 0 Å². The molecule has 0 saturated heterocycles. The smallest absolute Gasteiger partial charge is 0.0655 e. The van der Waals surface area contributed by atoms with Gasteiger partial charge < -0.3 is 0 Å². The lowest BCUT2D eigenvalue weighted by Gasteiger charge is -1.99. The van der Waals surface area contributed by atoms with Crippen LogP contribution >= 0.6 is 0 Å². The highest BCUT2D eigenvalue weighted by Crippen LogP contribution is 2.07. The normalized spacial score (nSPS) is 9.42. The Balaban J connectivity index is -0.000000175. The molecular weight excluding hydrogens is 146 g/mol. The van der Waals surface area contributed by atoms with Gasteiger partial charge in [-0.05, 0) is 12.8 Å². The van der Waals surface area contributed by atoms with E-state index in [9.17, 15) is 0 Å². The maximum atomic E-state index is 8.41. The van der Waals surface area contributed by atoms with Crippen LogP contribution in [0.1, 0.15) is 60.8 Å². The third-order valence-corrected chi connectivity index (χ3v) is 1.31. The van der Waals surface area contributed by atoms with Gasteiger partial charge >= 0.3 is 0 Å². The summed E-state index contributed by atoms with van der Waals surface area (Å²) in [6, 6.07) is 2.25. The van der Waals surface area contributed by atoms with Crippen LogP contribution in [0.25, 0.3) is 0 Å². The molecule has 1 atom stereocenters. The van der Waals surface area contributed by atoms with E-state index in [-0.39, 0.29) is 0 Å². The summed E-state index contributed by atoms with van der Waals surface area (Å²) in [4.78, 5) is 0. The molecule has 0 aromatic rings. The second-order valence-electron chi connectivity index (χ2n) is 2.02. The number of nitriles is 1. The molecule has 1 unspecified atom stereocenters. The summed E-state index contributed by atoms with van der Waals surface area (Å²) < 4.78 is 0. The summed E-state index contributed by atoms with van der Waals surface area (Å²) in [6.07, 6.45) is 3.20. The van der Waals surface area contributed by atoms with Crippen molar-refractivity contribution in [2.75, 3.05) is 0 Å². The predicted molar refractivity (Wildman–Crippen MR) is 57.0 cm³/mol. The van der Waals surface area contributed by atoms with Gasteiger partial charge in [-0.2, -0.15) is 5.26 Å². The van der Waals surface area contributed by atoms with E-state index in [4.69, 9.17) is 5.26 Å². The lowest BCUT2D eigenvalue weighted by Crippen LogP contribution is -1.91. The topological polar surface area (TPSA) is 23.8 Å². The van der Waals surface area contributed by atoms with Gasteiger partial charge in [-0.25, -0.2) is 0 Å². The SMILES string of the molecule is CC.CC.CCCC(C#N)CC. The third-order valence-electron chi connectivity index (χ3n) is 1.31. The van der Waals surface area contributed by atoms with Gasteiger partial charge in [0.15, 0.2) is 0 Å². The molecule has 0 N–H and O–H groups in total. The summed E-state index contributed by atoms with van der Waals surface area (Å²) >= 11 is 0. The molecule has 0 bridgehead atoms. The lowest BCUT2D eigenvalue weighted by molar-refractivity contribution is 0.575. The summed E-state index contributed by atoms with van der Waals surface area (Å²) in [5.41, 5.74) is 0. The number of hydrogen-bond donors (Lipinski definition) is 0. The Labute approximate surface area is 78.8 Å². The van der Waals surface area contributed by atoms with Crippen LogP contribution in [0.15, 0.2) is 0 Å². The molecule has 0 fully saturated rings. The fourth-order valence-corrected chi connectivity index (χ4v) is 0.708. The number of hydrogen-bond acceptors (Lipinski definition) is 1. The van der Waals surface area contributed by atoms with E-state index in [2.05, 4.69) is 19.9 Å². The van der Waals surface area contributed by atoms with Crippen LogP contribution < -0.4 is 0 Å². The van der Waals surface area contributed by atoms with E-state index in [1.165, 1.54) is 0 Å². The Kier molecular flexibility index (Phi) is 32.8. The van der Waals surface area contributed by atoms with Crippen LogP contribution in [0, 0.1) is 17.2 Å². The Bertz CT molecular complexity index is 81.5. The quantitative estimate of drug-likeness (QED) is 0.618. The maximum absolute atomic E-state index is 8.41. The van der Waals surface area contributed by atoms with Crippen molar-refractivity contribution in [3.8, 4) is 6.07 Å². The molecule has 12 heavy (non-hydrogen) atoms. The highest BCUT2D eigenvalue weighted by Gasteiger charge is 1.99. The van der Waals surface area contributed by atoms with Crippen molar-refractivity contribution in [2.45, 2.75) is 60.8 Å². The standard InChI is InChI=1S/C7H13N.2C2H6/c1-3-5-7(4-2)6-8;2*1-2/h7H,3-5H2,1-2H3;2*1-2H3. The highest BCUT2D eigenvalue weighted by atomic mass is 14.3. The van der Waals surface area contributed by atoms with Crippen LogP contribution in [0.3, 0.4) is 0 Å². The van der Waals surface area contributed by atoms with E-state index >= 15 is 0 Å². The molecule has 0 radical (unpaired) electrons. The third kappa shape index (κ3) is 16.2. The zero-order valence-corrected chi connectivity index (χ0v) is 9.65. The molecule has 0 aliphatic carbocycles. The van der Waals surface area contributed by atoms with Gasteiger partial charge in [0.2, 0.25) is 0 Å². The Morgan fingerprint density at radius 2 is 1.50 bits per heavy atom. The monoisotopic (exact) mass is 171 g/mol. The highest BCUT2D eigenvalue weighted by molar-refractivity contribution is 4.80. The van der Waals surface area contributed by atoms with Crippen LogP contribution in [0.2, 0.25) is 0 Å². The first-order valence-corrected chi connectivity index (χ1v) is 5.24. The van der Waals surface area contributed by atoms with Crippen molar-refractivity contribution in [3.63, 3.8) is 0 Å². The number of nitrogens with zero attached hydrogens (tertiary/aromatic N) is 1. The molecule has 74 valence electrons. The molecule has 0 aliphatic heterocycles. The average Bonchev–Trinajstić information content (AvgIpc) is 2.20. The first kappa shape index (κ1) is 17.5. The second kappa shape index (κ2) is 22.4. The second-order valence-corrected chi connectivity index (χ2v) is 2.02. The average molecular weight is 171 g/mol. The Morgan fingerprint density at radius 3 is 1.58 bits per heavy atom. The van der Waals surface area contributed by atoms with Gasteiger partial charge in [0.25, 0.3) is 0 Å². The minimum Gasteiger partial charge on any atom is -0.198 e. The predicted octanol–water partition coefficient (Wildman–Crippen LogP) is 4.39. The molecule has 0 aromatic heterocycles. The first-order valence-electron chi connectivity index (χ1n) is 5.24. The van der Waals surface area contributed by atoms with Crippen molar-refractivity contribution in [2.24, 2.45) is 5.92 Å². The number of rotatable bonds is 3. The van der Waals surface area contributed by atoms with Gasteiger partial charge in [-0.15, -0.1) is 0 Å². The van der Waals surface area contributed by atoms with Gasteiger partial charge in [0.05, 0.1) is 6.07 Å². The molecule has 1 heteroatoms. The molecule has 0 rings (SSSR count). The van der Waals surface area contributed by atoms with Gasteiger partial charge in [0.1, 0.15) is 0 Å². The minimum atomic E-state index is 0.306. The zero-order chi connectivity index (χ0) is 10.4. The summed E-state index contributed by atoms with van der Waals surface area (Å²) in [5.74, 6) is 0.306. The molecule has 0 aliphatic rings. The largest absolute Gasteiger partial charge is 0.198 e. The van der Waals surface area contributed by atoms with E-state index in [1.54, 1.807) is 0 Å². The van der Waals surface area contributed by atoms with Gasteiger partial charge in [-0.3, -0.25) is 0 Å². The molecule has 1 nitrogen and oxygen atoms in total. The van der Waals surface area contributed by atoms with Crippen molar-refractivity contribution in [1.82, 2.24) is 0 Å². The minimum absolute atomic E-state index is 0.306. The fraction of sp³-hybridized carbons (Fsp3) is 0.909. The molecule has 0 aromatic carbocycles. The molecule has 0 spiro atoms. The summed E-state index contributed by atoms with van der Waals surface area (Å²) in [7, 11) is 0. The molecule has 0 saturated carbocycles. The van der Waals surface area contributed by atoms with Crippen molar-refractivity contribution in [1.29, 1.82) is 5.26 Å². The molecular formula is C11H25N. The van der Waals surface area contributed by atoms with Crippen LogP contribution in [0.5, 0.6) is 0 Å². The Morgan fingerprint density at radius 1 is 1.08 bits per heavy atom. The lowest BCUT2D eigenvalue weighted by atomic mass is 10.0. The fourth-order valence-electron chi connectivity index (χ4n) is 0.708. The van der Waals surface area contributed by atoms with E-state index in [1.807, 2.05) is 27.7 Å². The van der Waals surface area contributed by atoms with Crippen molar-refractivity contribution >= 4 is 0 Å². The van der Waals surface area contributed by atoms with Gasteiger partial charge in [0, 0.05) is 5.92 Å². The maximum Gasteiger partial charge on any atom is 0.0655 e. The van der Waals surface area contributed by atoms with Gasteiger partial charge in [-0.1, -0.05) is 48.0 Å². The summed E-state index contributed by atoms with van der Waals surface area (Å²) in [5, 5.41) is 8.41. The van der Waals surface area contributed by atoms with Crippen LogP contribution in [-0.2, 0) is 0 Å². The summed E-state index contributed by atoms with van der Waals surface area (Å²) in [6.45, 7) is 12.2.